The Labute approximate surface area is 96.3 Å². The molecule has 16 heavy (non-hydrogen) atoms. The Morgan fingerprint density at radius 1 is 1.19 bits per heavy atom. The van der Waals surface area contributed by atoms with E-state index in [0.29, 0.717) is 18.2 Å². The zero-order valence-electron chi connectivity index (χ0n) is 9.65. The first kappa shape index (κ1) is 12.4. The maximum atomic E-state index is 8.53. The van der Waals surface area contributed by atoms with Gasteiger partial charge in [-0.15, -0.1) is 0 Å². The van der Waals surface area contributed by atoms with Crippen LogP contribution in [0.1, 0.15) is 44.7 Å². The zero-order chi connectivity index (χ0) is 11.6. The van der Waals surface area contributed by atoms with Crippen molar-refractivity contribution in [3.63, 3.8) is 0 Å². The summed E-state index contributed by atoms with van der Waals surface area (Å²) in [5.41, 5.74) is 0.315. The number of ether oxygens (including phenoxy) is 1. The topological polar surface area (TPSA) is 58.8 Å². The van der Waals surface area contributed by atoms with Crippen LogP contribution in [-0.2, 0) is 0 Å². The predicted octanol–water partition coefficient (Wildman–Crippen LogP) is 2.70. The Kier molecular flexibility index (Phi) is 5.94. The minimum Gasteiger partial charge on any atom is -0.477 e. The van der Waals surface area contributed by atoms with Crippen molar-refractivity contribution in [1.29, 1.82) is 5.26 Å². The minimum absolute atomic E-state index is 0.315. The van der Waals surface area contributed by atoms with E-state index in [9.17, 15) is 0 Å². The molecule has 0 aliphatic carbocycles. The molecule has 0 aliphatic heterocycles. The van der Waals surface area contributed by atoms with Crippen LogP contribution in [0.2, 0.25) is 0 Å². The summed E-state index contributed by atoms with van der Waals surface area (Å²) in [7, 11) is 0. The van der Waals surface area contributed by atoms with Gasteiger partial charge in [-0.25, -0.2) is 9.97 Å². The number of nitrogens with zero attached hydrogens (tertiary/aromatic N) is 3. The van der Waals surface area contributed by atoms with E-state index >= 15 is 0 Å². The standard InChI is InChI=1S/C12H17N3O/c1-2-3-4-5-6-7-16-12-10-14-11(8-13)9-15-12/h9-10H,2-7H2,1H3. The molecule has 4 heteroatoms. The first-order valence-electron chi connectivity index (χ1n) is 5.71. The summed E-state index contributed by atoms with van der Waals surface area (Å²) in [6, 6.07) is 1.92. The number of rotatable bonds is 7. The Hall–Kier alpha value is -1.63. The highest BCUT2D eigenvalue weighted by Crippen LogP contribution is 2.06. The summed E-state index contributed by atoms with van der Waals surface area (Å²) in [6.07, 6.45) is 8.95. The third kappa shape index (κ3) is 4.74. The van der Waals surface area contributed by atoms with Gasteiger partial charge in [0, 0.05) is 0 Å². The van der Waals surface area contributed by atoms with Crippen LogP contribution in [0.5, 0.6) is 5.88 Å². The van der Waals surface area contributed by atoms with E-state index in [1.54, 1.807) is 0 Å². The lowest BCUT2D eigenvalue weighted by Gasteiger charge is -2.03. The van der Waals surface area contributed by atoms with Gasteiger partial charge < -0.3 is 4.74 Å². The van der Waals surface area contributed by atoms with Gasteiger partial charge in [-0.05, 0) is 6.42 Å². The average Bonchev–Trinajstić information content (AvgIpc) is 2.34. The largest absolute Gasteiger partial charge is 0.477 e. The summed E-state index contributed by atoms with van der Waals surface area (Å²) < 4.78 is 5.40. The molecule has 0 unspecified atom stereocenters. The lowest BCUT2D eigenvalue weighted by molar-refractivity contribution is 0.292. The molecule has 4 nitrogen and oxygen atoms in total. The van der Waals surface area contributed by atoms with Crippen molar-refractivity contribution < 1.29 is 4.74 Å². The SMILES string of the molecule is CCCCCCCOc1cnc(C#N)cn1. The Balaban J connectivity index is 2.15. The molecular formula is C12H17N3O. The zero-order valence-corrected chi connectivity index (χ0v) is 9.65. The molecule has 0 radical (unpaired) electrons. The van der Waals surface area contributed by atoms with Crippen molar-refractivity contribution in [2.45, 2.75) is 39.0 Å². The molecule has 1 aromatic rings. The molecule has 1 heterocycles. The molecule has 0 N–H and O–H groups in total. The molecule has 0 amide bonds. The second-order valence-corrected chi connectivity index (χ2v) is 3.61. The van der Waals surface area contributed by atoms with E-state index in [0.717, 1.165) is 6.42 Å². The van der Waals surface area contributed by atoms with E-state index in [-0.39, 0.29) is 0 Å². The Bertz CT molecular complexity index is 329. The van der Waals surface area contributed by atoms with E-state index in [1.807, 2.05) is 6.07 Å². The van der Waals surface area contributed by atoms with Gasteiger partial charge in [0.25, 0.3) is 0 Å². The van der Waals surface area contributed by atoms with Gasteiger partial charge in [0.05, 0.1) is 19.0 Å². The lowest BCUT2D eigenvalue weighted by atomic mass is 10.2. The van der Waals surface area contributed by atoms with Crippen molar-refractivity contribution in [2.24, 2.45) is 0 Å². The maximum absolute atomic E-state index is 8.53. The van der Waals surface area contributed by atoms with Crippen molar-refractivity contribution in [3.8, 4) is 11.9 Å². The van der Waals surface area contributed by atoms with E-state index in [4.69, 9.17) is 10.00 Å². The Morgan fingerprint density at radius 3 is 2.62 bits per heavy atom. The number of aromatic nitrogens is 2. The van der Waals surface area contributed by atoms with Crippen LogP contribution in [0.25, 0.3) is 0 Å². The van der Waals surface area contributed by atoms with Gasteiger partial charge in [-0.3, -0.25) is 0 Å². The molecule has 0 fully saturated rings. The highest BCUT2D eigenvalue weighted by atomic mass is 16.5. The second-order valence-electron chi connectivity index (χ2n) is 3.61. The predicted molar refractivity (Wildman–Crippen MR) is 61.0 cm³/mol. The van der Waals surface area contributed by atoms with Gasteiger partial charge in [-0.2, -0.15) is 5.26 Å². The van der Waals surface area contributed by atoms with Gasteiger partial charge in [0.2, 0.25) is 5.88 Å². The normalized spacial score (nSPS) is 9.75. The van der Waals surface area contributed by atoms with Crippen molar-refractivity contribution in [1.82, 2.24) is 9.97 Å². The third-order valence-electron chi connectivity index (χ3n) is 2.24. The third-order valence-corrected chi connectivity index (χ3v) is 2.24. The molecule has 0 saturated carbocycles. The highest BCUT2D eigenvalue weighted by molar-refractivity contribution is 5.18. The lowest BCUT2D eigenvalue weighted by Crippen LogP contribution is -2.00. The van der Waals surface area contributed by atoms with Crippen LogP contribution >= 0.6 is 0 Å². The van der Waals surface area contributed by atoms with Crippen molar-refractivity contribution in [2.75, 3.05) is 6.61 Å². The molecule has 0 spiro atoms. The number of nitriles is 1. The molecule has 0 aromatic carbocycles. The first-order valence-corrected chi connectivity index (χ1v) is 5.71. The first-order chi connectivity index (χ1) is 7.86. The molecule has 0 saturated heterocycles. The summed E-state index contributed by atoms with van der Waals surface area (Å²) in [4.78, 5) is 7.85. The molecule has 0 aliphatic rings. The van der Waals surface area contributed by atoms with Crippen molar-refractivity contribution in [3.05, 3.63) is 18.1 Å². The maximum Gasteiger partial charge on any atom is 0.232 e. The number of hydrogen-bond acceptors (Lipinski definition) is 4. The molecule has 0 bridgehead atoms. The van der Waals surface area contributed by atoms with Crippen LogP contribution in [-0.4, -0.2) is 16.6 Å². The van der Waals surface area contributed by atoms with Crippen LogP contribution in [0.15, 0.2) is 12.4 Å². The van der Waals surface area contributed by atoms with E-state index in [2.05, 4.69) is 16.9 Å². The monoisotopic (exact) mass is 219 g/mol. The average molecular weight is 219 g/mol. The van der Waals surface area contributed by atoms with Gasteiger partial charge in [0.15, 0.2) is 5.69 Å². The fraction of sp³-hybridized carbons (Fsp3) is 0.583. The summed E-state index contributed by atoms with van der Waals surface area (Å²) in [5.74, 6) is 0.495. The van der Waals surface area contributed by atoms with Gasteiger partial charge in [0.1, 0.15) is 6.07 Å². The quantitative estimate of drug-likeness (QED) is 0.661. The Morgan fingerprint density at radius 2 is 2.00 bits per heavy atom. The van der Waals surface area contributed by atoms with E-state index in [1.165, 1.54) is 38.1 Å². The van der Waals surface area contributed by atoms with Crippen LogP contribution in [0.3, 0.4) is 0 Å². The van der Waals surface area contributed by atoms with Gasteiger partial charge in [-0.1, -0.05) is 32.6 Å². The van der Waals surface area contributed by atoms with Crippen LogP contribution in [0.4, 0.5) is 0 Å². The minimum atomic E-state index is 0.315. The van der Waals surface area contributed by atoms with Crippen LogP contribution in [0, 0.1) is 11.3 Å². The molecule has 0 atom stereocenters. The fourth-order valence-electron chi connectivity index (χ4n) is 1.33. The summed E-state index contributed by atoms with van der Waals surface area (Å²) >= 11 is 0. The van der Waals surface area contributed by atoms with Crippen LogP contribution < -0.4 is 4.74 Å². The summed E-state index contributed by atoms with van der Waals surface area (Å²) in [6.45, 7) is 2.87. The fourth-order valence-corrected chi connectivity index (χ4v) is 1.33. The molecular weight excluding hydrogens is 202 g/mol. The highest BCUT2D eigenvalue weighted by Gasteiger charge is 1.97. The smallest absolute Gasteiger partial charge is 0.232 e. The number of unbranched alkanes of at least 4 members (excludes halogenated alkanes) is 4. The molecule has 1 rings (SSSR count). The second kappa shape index (κ2) is 7.63. The van der Waals surface area contributed by atoms with Crippen molar-refractivity contribution >= 4 is 0 Å². The summed E-state index contributed by atoms with van der Waals surface area (Å²) in [5, 5.41) is 8.53. The van der Waals surface area contributed by atoms with Gasteiger partial charge >= 0.3 is 0 Å². The number of hydrogen-bond donors (Lipinski definition) is 0. The van der Waals surface area contributed by atoms with E-state index < -0.39 is 0 Å². The molecule has 1 aromatic heterocycles. The molecule has 86 valence electrons.